The number of allylic oxidation sites excluding steroid dienone is 14. The Balaban J connectivity index is 2.72. The van der Waals surface area contributed by atoms with Crippen LogP contribution in [0.5, 0.6) is 0 Å². The van der Waals surface area contributed by atoms with Gasteiger partial charge in [-0.1, -0.05) is 253 Å². The van der Waals surface area contributed by atoms with Crippen molar-refractivity contribution in [2.75, 3.05) is 13.2 Å². The number of amides is 1. The molecule has 6 N–H and O–H groups in total. The van der Waals surface area contributed by atoms with Gasteiger partial charge >= 0.3 is 5.97 Å². The first kappa shape index (κ1) is 72.6. The van der Waals surface area contributed by atoms with Crippen molar-refractivity contribution in [3.8, 4) is 0 Å². The number of nitrogens with one attached hydrogen (secondary N) is 1. The molecule has 0 aromatic heterocycles. The zero-order valence-corrected chi connectivity index (χ0v) is 49.5. The van der Waals surface area contributed by atoms with Gasteiger partial charge in [0.25, 0.3) is 0 Å². The van der Waals surface area contributed by atoms with Crippen LogP contribution in [0.25, 0.3) is 0 Å². The number of hydrogen-bond acceptors (Lipinski definition) is 10. The van der Waals surface area contributed by atoms with E-state index in [0.717, 1.165) is 77.0 Å². The second-order valence-corrected chi connectivity index (χ2v) is 21.4. The monoisotopic (exact) mass is 1090 g/mol. The summed E-state index contributed by atoms with van der Waals surface area (Å²) >= 11 is 0. The highest BCUT2D eigenvalue weighted by molar-refractivity contribution is 5.81. The minimum atomic E-state index is -1.63. The lowest BCUT2D eigenvalue weighted by Gasteiger charge is -2.41. The lowest BCUT2D eigenvalue weighted by Crippen LogP contribution is -2.61. The predicted octanol–water partition coefficient (Wildman–Crippen LogP) is 15.1. The molecule has 1 amide bonds. The minimum absolute atomic E-state index is 0.0541. The van der Waals surface area contributed by atoms with Crippen molar-refractivity contribution in [3.05, 3.63) is 97.2 Å². The number of rotatable bonds is 52. The summed E-state index contributed by atoms with van der Waals surface area (Å²) in [5.41, 5.74) is 0. The van der Waals surface area contributed by atoms with Gasteiger partial charge in [-0.2, -0.15) is 0 Å². The summed E-state index contributed by atoms with van der Waals surface area (Å²) in [5, 5.41) is 56.9. The molecule has 11 nitrogen and oxygen atoms in total. The normalized spacial score (nSPS) is 19.6. The zero-order chi connectivity index (χ0) is 56.8. The van der Waals surface area contributed by atoms with Crippen LogP contribution in [0.2, 0.25) is 0 Å². The van der Waals surface area contributed by atoms with E-state index in [1.54, 1.807) is 12.2 Å². The first-order chi connectivity index (χ1) is 38.2. The zero-order valence-electron chi connectivity index (χ0n) is 49.5. The lowest BCUT2D eigenvalue weighted by molar-refractivity contribution is -0.305. The van der Waals surface area contributed by atoms with E-state index in [-0.39, 0.29) is 19.4 Å². The Kier molecular flexibility index (Phi) is 50.4. The van der Waals surface area contributed by atoms with Crippen molar-refractivity contribution in [1.82, 2.24) is 5.32 Å². The molecule has 1 heterocycles. The maximum atomic E-state index is 13.4. The number of aliphatic hydroxyl groups excluding tert-OH is 5. The van der Waals surface area contributed by atoms with E-state index in [1.165, 1.54) is 128 Å². The van der Waals surface area contributed by atoms with Gasteiger partial charge in [-0.25, -0.2) is 0 Å². The molecule has 0 bridgehead atoms. The second kappa shape index (κ2) is 54.2. The molecule has 11 heteroatoms. The van der Waals surface area contributed by atoms with E-state index >= 15 is 0 Å². The maximum Gasteiger partial charge on any atom is 0.306 e. The van der Waals surface area contributed by atoms with Crippen molar-refractivity contribution in [2.24, 2.45) is 0 Å². The van der Waals surface area contributed by atoms with Gasteiger partial charge in [-0.15, -0.1) is 0 Å². The van der Waals surface area contributed by atoms with Crippen LogP contribution in [0.1, 0.15) is 252 Å². The van der Waals surface area contributed by atoms with Gasteiger partial charge < -0.3 is 45.1 Å². The molecule has 78 heavy (non-hydrogen) atoms. The van der Waals surface area contributed by atoms with Crippen LogP contribution < -0.4 is 5.32 Å². The number of carbonyl (C=O) groups is 2. The number of ether oxygens (including phenoxy) is 3. The van der Waals surface area contributed by atoms with Gasteiger partial charge in [0.1, 0.15) is 24.4 Å². The van der Waals surface area contributed by atoms with Crippen LogP contribution in [0.3, 0.4) is 0 Å². The quantitative estimate of drug-likeness (QED) is 0.0195. The van der Waals surface area contributed by atoms with E-state index in [1.807, 2.05) is 18.2 Å². The Hall–Kier alpha value is -3.42. The van der Waals surface area contributed by atoms with Gasteiger partial charge in [0.05, 0.1) is 25.4 Å². The SMILES string of the molecule is CC/C=C\C/C=C\C/C=C\C/C=C\C/C=C\C/C=C\CC(O)C(=O)NC(COC1OC(CO)C(O)C(O)C1OC(=O)CCCCCCCCCCC/C=C/CCCCCCCC)C(O)/C=C/CCCCCCCCCCCC. The molecule has 0 aromatic rings. The summed E-state index contributed by atoms with van der Waals surface area (Å²) in [5.74, 6) is -1.29. The van der Waals surface area contributed by atoms with Crippen molar-refractivity contribution < 1.29 is 49.3 Å². The third kappa shape index (κ3) is 41.6. The maximum absolute atomic E-state index is 13.4. The van der Waals surface area contributed by atoms with Gasteiger partial charge in [-0.3, -0.25) is 9.59 Å². The van der Waals surface area contributed by atoms with E-state index in [9.17, 15) is 35.1 Å². The number of unbranched alkanes of at least 4 members (excludes halogenated alkanes) is 25. The summed E-state index contributed by atoms with van der Waals surface area (Å²) in [4.78, 5) is 26.5. The molecule has 448 valence electrons. The fraction of sp³-hybridized carbons (Fsp3) is 0.731. The summed E-state index contributed by atoms with van der Waals surface area (Å²) in [6.45, 7) is 5.62. The molecule has 1 fully saturated rings. The van der Waals surface area contributed by atoms with E-state index < -0.39 is 67.4 Å². The highest BCUT2D eigenvalue weighted by Crippen LogP contribution is 2.26. The minimum Gasteiger partial charge on any atom is -0.454 e. The number of esters is 1. The number of aliphatic hydroxyl groups is 5. The van der Waals surface area contributed by atoms with Gasteiger partial charge in [0.2, 0.25) is 5.91 Å². The Morgan fingerprint density at radius 3 is 1.37 bits per heavy atom. The molecule has 0 aliphatic carbocycles. The topological polar surface area (TPSA) is 175 Å². The standard InChI is InChI=1S/C67H115NO10/c1-4-7-10-13-16-19-22-25-27-29-31-33-35-37-40-43-46-49-52-55-62(72)78-65-64(74)63(73)61(56-69)77-67(65)76-57-58(59(70)53-50-47-44-41-38-24-21-18-15-12-9-6-3)68-66(75)60(71)54-51-48-45-42-39-36-34-32-30-28-26-23-20-17-14-11-8-5-2/h8,11,17,20,25-28,32,34,39,42,48,50-51,53,58-61,63-65,67,69-71,73-74H,4-7,9-10,12-16,18-19,21-24,29-31,33,35-38,40-41,43-47,49,52,54-57H2,1-3H3,(H,68,75)/b11-8-,20-17-,27-25+,28-26-,34-32-,42-39-,51-48-,53-50+. The Labute approximate surface area is 475 Å². The Morgan fingerprint density at radius 2 is 0.923 bits per heavy atom. The average molecular weight is 1090 g/mol. The molecule has 1 aliphatic heterocycles. The largest absolute Gasteiger partial charge is 0.454 e. The van der Waals surface area contributed by atoms with E-state index in [2.05, 4.69) is 92.9 Å². The van der Waals surface area contributed by atoms with Gasteiger partial charge in [-0.05, 0) is 83.5 Å². The third-order valence-corrected chi connectivity index (χ3v) is 14.2. The molecule has 1 rings (SSSR count). The molecule has 8 unspecified atom stereocenters. The molecule has 0 aromatic carbocycles. The number of hydrogen-bond donors (Lipinski definition) is 6. The summed E-state index contributed by atoms with van der Waals surface area (Å²) in [7, 11) is 0. The fourth-order valence-corrected chi connectivity index (χ4v) is 9.25. The highest BCUT2D eigenvalue weighted by atomic mass is 16.7. The van der Waals surface area contributed by atoms with E-state index in [4.69, 9.17) is 14.2 Å². The smallest absolute Gasteiger partial charge is 0.306 e. The van der Waals surface area contributed by atoms with Gasteiger partial charge in [0, 0.05) is 12.8 Å². The molecular formula is C67H115NO10. The van der Waals surface area contributed by atoms with E-state index in [0.29, 0.717) is 12.8 Å². The van der Waals surface area contributed by atoms with Crippen LogP contribution in [0, 0.1) is 0 Å². The van der Waals surface area contributed by atoms with Crippen molar-refractivity contribution in [3.63, 3.8) is 0 Å². The lowest BCUT2D eigenvalue weighted by atomic mass is 9.99. The molecular weight excluding hydrogens is 979 g/mol. The van der Waals surface area contributed by atoms with Crippen LogP contribution in [0.15, 0.2) is 97.2 Å². The van der Waals surface area contributed by atoms with Crippen LogP contribution >= 0.6 is 0 Å². The third-order valence-electron chi connectivity index (χ3n) is 14.2. The van der Waals surface area contributed by atoms with Crippen molar-refractivity contribution in [1.29, 1.82) is 0 Å². The molecule has 1 aliphatic rings. The van der Waals surface area contributed by atoms with Crippen molar-refractivity contribution >= 4 is 11.9 Å². The predicted molar refractivity (Wildman–Crippen MR) is 324 cm³/mol. The average Bonchev–Trinajstić information content (AvgIpc) is 3.44. The molecule has 0 spiro atoms. The Morgan fingerprint density at radius 1 is 0.513 bits per heavy atom. The summed E-state index contributed by atoms with van der Waals surface area (Å²) in [6, 6.07) is -1.07. The molecule has 8 atom stereocenters. The van der Waals surface area contributed by atoms with Crippen LogP contribution in [-0.2, 0) is 23.8 Å². The fourth-order valence-electron chi connectivity index (χ4n) is 9.25. The highest BCUT2D eigenvalue weighted by Gasteiger charge is 2.47. The van der Waals surface area contributed by atoms with Crippen LogP contribution in [-0.4, -0.2) is 99.6 Å². The second-order valence-electron chi connectivity index (χ2n) is 21.4. The molecule has 1 saturated heterocycles. The summed E-state index contributed by atoms with van der Waals surface area (Å²) in [6.07, 6.45) is 61.8. The van der Waals surface area contributed by atoms with Crippen molar-refractivity contribution in [2.45, 2.75) is 301 Å². The van der Waals surface area contributed by atoms with Gasteiger partial charge in [0.15, 0.2) is 12.4 Å². The first-order valence-electron chi connectivity index (χ1n) is 31.5. The van der Waals surface area contributed by atoms with Crippen LogP contribution in [0.4, 0.5) is 0 Å². The Bertz CT molecular complexity index is 1630. The summed E-state index contributed by atoms with van der Waals surface area (Å²) < 4.78 is 17.6. The molecule has 0 saturated carbocycles. The first-order valence-corrected chi connectivity index (χ1v) is 31.5. The number of carbonyl (C=O) groups excluding carboxylic acids is 2. The molecule has 0 radical (unpaired) electrons.